The molecular formula is C17H13F2NO4. The highest BCUT2D eigenvalue weighted by molar-refractivity contribution is 5.98. The zero-order chi connectivity index (χ0) is 17.5. The number of ether oxygens (including phenoxy) is 1. The number of Topliss-reactive ketones (excluding diaryl/α,β-unsaturated/α-hetero) is 1. The van der Waals surface area contributed by atoms with E-state index in [4.69, 9.17) is 4.74 Å². The minimum absolute atomic E-state index is 0.0543. The van der Waals surface area contributed by atoms with Crippen LogP contribution in [0.15, 0.2) is 48.5 Å². The van der Waals surface area contributed by atoms with Gasteiger partial charge in [0.15, 0.2) is 12.4 Å². The van der Waals surface area contributed by atoms with Gasteiger partial charge in [-0.1, -0.05) is 18.2 Å². The first-order valence-electron chi connectivity index (χ1n) is 6.94. The number of carbonyl (C=O) groups excluding carboxylic acids is 3. The molecule has 1 N–H and O–H groups in total. The van der Waals surface area contributed by atoms with Gasteiger partial charge in [0.2, 0.25) is 0 Å². The molecule has 2 rings (SSSR count). The number of esters is 1. The van der Waals surface area contributed by atoms with Crippen molar-refractivity contribution in [3.05, 3.63) is 71.3 Å². The van der Waals surface area contributed by atoms with Crippen molar-refractivity contribution in [2.75, 3.05) is 13.2 Å². The van der Waals surface area contributed by atoms with Crippen LogP contribution >= 0.6 is 0 Å². The van der Waals surface area contributed by atoms with E-state index in [9.17, 15) is 23.2 Å². The summed E-state index contributed by atoms with van der Waals surface area (Å²) in [6, 6.07) is 9.93. The number of ketones is 1. The second kappa shape index (κ2) is 7.96. The molecule has 2 aromatic carbocycles. The predicted octanol–water partition coefficient (Wildman–Crippen LogP) is 2.12. The zero-order valence-corrected chi connectivity index (χ0v) is 12.4. The number of benzene rings is 2. The molecule has 0 saturated carbocycles. The van der Waals surface area contributed by atoms with Crippen LogP contribution in [0, 0.1) is 11.6 Å². The van der Waals surface area contributed by atoms with E-state index in [2.05, 4.69) is 5.32 Å². The van der Waals surface area contributed by atoms with Crippen LogP contribution in [-0.4, -0.2) is 30.8 Å². The van der Waals surface area contributed by atoms with Crippen LogP contribution in [0.2, 0.25) is 0 Å². The molecule has 0 aliphatic heterocycles. The maximum atomic E-state index is 13.0. The SMILES string of the molecule is O=C(CNC(=O)c1cccc(F)c1)OCC(=O)c1cccc(F)c1. The number of hydrogen-bond donors (Lipinski definition) is 1. The van der Waals surface area contributed by atoms with Crippen molar-refractivity contribution in [2.45, 2.75) is 0 Å². The average Bonchev–Trinajstić information content (AvgIpc) is 2.57. The van der Waals surface area contributed by atoms with Gasteiger partial charge in [0.05, 0.1) is 0 Å². The molecule has 0 aliphatic rings. The van der Waals surface area contributed by atoms with Crippen molar-refractivity contribution in [1.82, 2.24) is 5.32 Å². The highest BCUT2D eigenvalue weighted by atomic mass is 19.1. The van der Waals surface area contributed by atoms with Gasteiger partial charge < -0.3 is 10.1 Å². The lowest BCUT2D eigenvalue weighted by atomic mass is 10.1. The van der Waals surface area contributed by atoms with Crippen molar-refractivity contribution in [2.24, 2.45) is 0 Å². The van der Waals surface area contributed by atoms with E-state index in [1.807, 2.05) is 0 Å². The molecule has 0 bridgehead atoms. The topological polar surface area (TPSA) is 72.5 Å². The predicted molar refractivity (Wildman–Crippen MR) is 80.4 cm³/mol. The molecule has 7 heteroatoms. The second-order valence-corrected chi connectivity index (χ2v) is 4.79. The molecule has 2 aromatic rings. The Morgan fingerprint density at radius 3 is 2.12 bits per heavy atom. The van der Waals surface area contributed by atoms with Crippen LogP contribution in [0.4, 0.5) is 8.78 Å². The van der Waals surface area contributed by atoms with E-state index in [0.717, 1.165) is 12.1 Å². The number of rotatable bonds is 6. The second-order valence-electron chi connectivity index (χ2n) is 4.79. The van der Waals surface area contributed by atoms with Gasteiger partial charge in [-0.05, 0) is 30.3 Å². The van der Waals surface area contributed by atoms with E-state index in [-0.39, 0.29) is 11.1 Å². The first-order valence-corrected chi connectivity index (χ1v) is 6.94. The summed E-state index contributed by atoms with van der Waals surface area (Å²) in [6.45, 7) is -1.05. The fourth-order valence-electron chi connectivity index (χ4n) is 1.83. The minimum Gasteiger partial charge on any atom is -0.456 e. The van der Waals surface area contributed by atoms with Crippen molar-refractivity contribution < 1.29 is 27.9 Å². The monoisotopic (exact) mass is 333 g/mol. The quantitative estimate of drug-likeness (QED) is 0.649. The lowest BCUT2D eigenvalue weighted by Crippen LogP contribution is -2.31. The highest BCUT2D eigenvalue weighted by Gasteiger charge is 2.12. The molecule has 0 spiro atoms. The molecule has 5 nitrogen and oxygen atoms in total. The third-order valence-corrected chi connectivity index (χ3v) is 2.99. The van der Waals surface area contributed by atoms with Gasteiger partial charge in [0, 0.05) is 11.1 Å². The molecule has 0 radical (unpaired) electrons. The summed E-state index contributed by atoms with van der Waals surface area (Å²) in [5.74, 6) is -3.22. The Labute approximate surface area is 136 Å². The minimum atomic E-state index is -0.843. The molecule has 0 saturated heterocycles. The number of nitrogens with one attached hydrogen (secondary N) is 1. The van der Waals surface area contributed by atoms with E-state index in [1.165, 1.54) is 36.4 Å². The Morgan fingerprint density at radius 1 is 0.917 bits per heavy atom. The van der Waals surface area contributed by atoms with E-state index < -0.39 is 42.4 Å². The van der Waals surface area contributed by atoms with E-state index >= 15 is 0 Å². The molecular weight excluding hydrogens is 320 g/mol. The van der Waals surface area contributed by atoms with Crippen LogP contribution in [0.1, 0.15) is 20.7 Å². The molecule has 0 unspecified atom stereocenters. The Kier molecular flexibility index (Phi) is 5.73. The van der Waals surface area contributed by atoms with E-state index in [0.29, 0.717) is 0 Å². The van der Waals surface area contributed by atoms with Gasteiger partial charge in [-0.2, -0.15) is 0 Å². The summed E-state index contributed by atoms with van der Waals surface area (Å²) in [4.78, 5) is 34.9. The van der Waals surface area contributed by atoms with Gasteiger partial charge in [0.1, 0.15) is 18.2 Å². The average molecular weight is 333 g/mol. The molecule has 0 atom stereocenters. The highest BCUT2D eigenvalue weighted by Crippen LogP contribution is 2.05. The lowest BCUT2D eigenvalue weighted by Gasteiger charge is -2.06. The van der Waals surface area contributed by atoms with Gasteiger partial charge in [0.25, 0.3) is 5.91 Å². The van der Waals surface area contributed by atoms with Gasteiger partial charge in [-0.3, -0.25) is 14.4 Å². The molecule has 0 fully saturated rings. The van der Waals surface area contributed by atoms with Gasteiger partial charge in [-0.15, -0.1) is 0 Å². The third kappa shape index (κ3) is 4.98. The Morgan fingerprint density at radius 2 is 1.50 bits per heavy atom. The summed E-state index contributed by atoms with van der Waals surface area (Å²) >= 11 is 0. The fourth-order valence-corrected chi connectivity index (χ4v) is 1.83. The number of halogens is 2. The number of hydrogen-bond acceptors (Lipinski definition) is 4. The first-order chi connectivity index (χ1) is 11.5. The summed E-state index contributed by atoms with van der Waals surface area (Å²) < 4.78 is 30.7. The van der Waals surface area contributed by atoms with Crippen molar-refractivity contribution >= 4 is 17.7 Å². The van der Waals surface area contributed by atoms with Gasteiger partial charge >= 0.3 is 5.97 Å². The number of carbonyl (C=O) groups is 3. The normalized spacial score (nSPS) is 10.1. The van der Waals surface area contributed by atoms with Crippen LogP contribution in [-0.2, 0) is 9.53 Å². The van der Waals surface area contributed by atoms with Crippen LogP contribution in [0.3, 0.4) is 0 Å². The molecule has 0 aromatic heterocycles. The van der Waals surface area contributed by atoms with Crippen LogP contribution < -0.4 is 5.32 Å². The zero-order valence-electron chi connectivity index (χ0n) is 12.4. The molecule has 124 valence electrons. The smallest absolute Gasteiger partial charge is 0.325 e. The first kappa shape index (κ1) is 17.3. The molecule has 0 heterocycles. The summed E-state index contributed by atoms with van der Waals surface area (Å²) in [6.07, 6.45) is 0. The van der Waals surface area contributed by atoms with Crippen molar-refractivity contribution in [3.63, 3.8) is 0 Å². The lowest BCUT2D eigenvalue weighted by molar-refractivity contribution is -0.141. The van der Waals surface area contributed by atoms with Crippen molar-refractivity contribution in [1.29, 1.82) is 0 Å². The maximum absolute atomic E-state index is 13.0. The van der Waals surface area contributed by atoms with Crippen LogP contribution in [0.5, 0.6) is 0 Å². The van der Waals surface area contributed by atoms with Gasteiger partial charge in [-0.25, -0.2) is 8.78 Å². The Bertz CT molecular complexity index is 713. The Hall–Kier alpha value is -3.09. The standard InChI is InChI=1S/C17H13F2NO4/c18-13-5-1-3-11(7-13)15(21)10-24-16(22)9-20-17(23)12-4-2-6-14(19)8-12/h1-8H,9-10H2,(H,20,23). The molecule has 1 amide bonds. The number of amides is 1. The summed E-state index contributed by atoms with van der Waals surface area (Å²) in [5.41, 5.74) is 0.130. The molecule has 0 aliphatic carbocycles. The van der Waals surface area contributed by atoms with Crippen LogP contribution in [0.25, 0.3) is 0 Å². The maximum Gasteiger partial charge on any atom is 0.325 e. The largest absolute Gasteiger partial charge is 0.456 e. The fraction of sp³-hybridized carbons (Fsp3) is 0.118. The molecule has 24 heavy (non-hydrogen) atoms. The Balaban J connectivity index is 1.79. The summed E-state index contributed by atoms with van der Waals surface area (Å²) in [5, 5.41) is 2.25. The third-order valence-electron chi connectivity index (χ3n) is 2.99. The van der Waals surface area contributed by atoms with Crippen molar-refractivity contribution in [3.8, 4) is 0 Å². The van der Waals surface area contributed by atoms with E-state index in [1.54, 1.807) is 0 Å². The summed E-state index contributed by atoms with van der Waals surface area (Å²) in [7, 11) is 0.